The van der Waals surface area contributed by atoms with Crippen molar-refractivity contribution in [2.45, 2.75) is 19.9 Å². The maximum Gasteiger partial charge on any atom is 0.184 e. The number of nitrogens with zero attached hydrogens (tertiary/aromatic N) is 1. The van der Waals surface area contributed by atoms with Gasteiger partial charge in [-0.15, -0.1) is 0 Å². The molecule has 1 rings (SSSR count). The summed E-state index contributed by atoms with van der Waals surface area (Å²) in [5.41, 5.74) is 0.274. The monoisotopic (exact) mass is 216 g/mol. The first-order chi connectivity index (χ1) is 6.56. The van der Waals surface area contributed by atoms with Gasteiger partial charge in [0, 0.05) is 12.2 Å². The number of hydrogen-bond acceptors (Lipinski definition) is 3. The quantitative estimate of drug-likeness (QED) is 0.624. The molecule has 0 aromatic carbocycles. The number of nitrogens with one attached hydrogen (secondary N) is 1. The molecule has 0 amide bonds. The molecule has 1 aromatic heterocycles. The largest absolute Gasteiger partial charge is 0.380 e. The Bertz CT molecular complexity index is 355. The minimum atomic E-state index is -0.690. The average molecular weight is 217 g/mol. The molecule has 0 unspecified atom stereocenters. The van der Waals surface area contributed by atoms with Crippen molar-refractivity contribution in [3.63, 3.8) is 0 Å². The van der Waals surface area contributed by atoms with E-state index in [0.717, 1.165) is 0 Å². The lowest BCUT2D eigenvalue weighted by Crippen LogP contribution is -2.13. The number of aldehydes is 1. The highest BCUT2D eigenvalue weighted by Crippen LogP contribution is 2.23. The molecule has 0 fully saturated rings. The van der Waals surface area contributed by atoms with Crippen LogP contribution in [0.5, 0.6) is 0 Å². The molecular formula is C9H10ClFN2O. The molecule has 76 valence electrons. The molecule has 0 aliphatic rings. The van der Waals surface area contributed by atoms with Crippen LogP contribution in [-0.4, -0.2) is 17.3 Å². The molecule has 0 aliphatic carbocycles. The molecule has 0 saturated heterocycles. The van der Waals surface area contributed by atoms with Gasteiger partial charge < -0.3 is 5.32 Å². The van der Waals surface area contributed by atoms with Gasteiger partial charge in [0.15, 0.2) is 17.3 Å². The van der Waals surface area contributed by atoms with Crippen LogP contribution < -0.4 is 5.32 Å². The second-order valence-corrected chi connectivity index (χ2v) is 3.47. The summed E-state index contributed by atoms with van der Waals surface area (Å²) >= 11 is 5.48. The molecule has 1 N–H and O–H groups in total. The van der Waals surface area contributed by atoms with Gasteiger partial charge in [0.25, 0.3) is 0 Å². The summed E-state index contributed by atoms with van der Waals surface area (Å²) in [6.45, 7) is 3.67. The summed E-state index contributed by atoms with van der Waals surface area (Å²) in [5, 5.41) is 2.57. The van der Waals surface area contributed by atoms with Gasteiger partial charge in [-0.2, -0.15) is 0 Å². The van der Waals surface area contributed by atoms with E-state index in [0.29, 0.717) is 6.29 Å². The number of halogens is 2. The van der Waals surface area contributed by atoms with Crippen molar-refractivity contribution >= 4 is 23.6 Å². The van der Waals surface area contributed by atoms with E-state index in [1.54, 1.807) is 0 Å². The number of pyridine rings is 1. The third kappa shape index (κ3) is 2.20. The average Bonchev–Trinajstić information content (AvgIpc) is 2.13. The van der Waals surface area contributed by atoms with Gasteiger partial charge in [-0.25, -0.2) is 9.37 Å². The van der Waals surface area contributed by atoms with Crippen LogP contribution in [0.4, 0.5) is 10.1 Å². The first-order valence-electron chi connectivity index (χ1n) is 4.12. The van der Waals surface area contributed by atoms with Crippen molar-refractivity contribution in [2.24, 2.45) is 0 Å². The molecule has 0 bridgehead atoms. The highest BCUT2D eigenvalue weighted by Gasteiger charge is 2.13. The SMILES string of the molecule is CC(C)Nc1c(C=O)cnc(Cl)c1F. The van der Waals surface area contributed by atoms with Crippen molar-refractivity contribution in [2.75, 3.05) is 5.32 Å². The van der Waals surface area contributed by atoms with Gasteiger partial charge in [0.05, 0.1) is 11.3 Å². The van der Waals surface area contributed by atoms with E-state index >= 15 is 0 Å². The Morgan fingerprint density at radius 3 is 2.79 bits per heavy atom. The molecule has 14 heavy (non-hydrogen) atoms. The second-order valence-electron chi connectivity index (χ2n) is 3.11. The number of carbonyl (C=O) groups excluding carboxylic acids is 1. The van der Waals surface area contributed by atoms with Crippen LogP contribution >= 0.6 is 11.6 Å². The Hall–Kier alpha value is -1.16. The predicted molar refractivity (Wildman–Crippen MR) is 53.4 cm³/mol. The van der Waals surface area contributed by atoms with E-state index in [-0.39, 0.29) is 22.4 Å². The molecule has 0 radical (unpaired) electrons. The van der Waals surface area contributed by atoms with Crippen molar-refractivity contribution in [3.8, 4) is 0 Å². The standard InChI is InChI=1S/C9H10ClFN2O/c1-5(2)13-8-6(4-14)3-12-9(10)7(8)11/h3-5H,1-2H3,(H,12,13). The fourth-order valence-electron chi connectivity index (χ4n) is 1.00. The summed E-state index contributed by atoms with van der Waals surface area (Å²) in [5.74, 6) is -0.690. The smallest absolute Gasteiger partial charge is 0.184 e. The molecule has 3 nitrogen and oxygen atoms in total. The lowest BCUT2D eigenvalue weighted by Gasteiger charge is -2.12. The molecule has 0 spiro atoms. The van der Waals surface area contributed by atoms with Gasteiger partial charge in [-0.3, -0.25) is 4.79 Å². The third-order valence-electron chi connectivity index (χ3n) is 1.57. The Kier molecular flexibility index (Phi) is 3.41. The first-order valence-corrected chi connectivity index (χ1v) is 4.49. The van der Waals surface area contributed by atoms with Crippen LogP contribution in [0.15, 0.2) is 6.20 Å². The lowest BCUT2D eigenvalue weighted by molar-refractivity contribution is 0.112. The maximum absolute atomic E-state index is 13.4. The Labute approximate surface area is 86.3 Å². The fraction of sp³-hybridized carbons (Fsp3) is 0.333. The van der Waals surface area contributed by atoms with Crippen LogP contribution in [0.3, 0.4) is 0 Å². The maximum atomic E-state index is 13.4. The normalized spacial score (nSPS) is 10.4. The van der Waals surface area contributed by atoms with Gasteiger partial charge in [-0.1, -0.05) is 11.6 Å². The topological polar surface area (TPSA) is 42.0 Å². The Morgan fingerprint density at radius 2 is 2.29 bits per heavy atom. The summed E-state index contributed by atoms with van der Waals surface area (Å²) in [6, 6.07) is 0.0154. The molecule has 0 aliphatic heterocycles. The van der Waals surface area contributed by atoms with Crippen molar-refractivity contribution in [1.29, 1.82) is 0 Å². The minimum Gasteiger partial charge on any atom is -0.380 e. The van der Waals surface area contributed by atoms with Crippen molar-refractivity contribution in [3.05, 3.63) is 22.7 Å². The highest BCUT2D eigenvalue weighted by molar-refractivity contribution is 6.29. The lowest BCUT2D eigenvalue weighted by atomic mass is 10.2. The van der Waals surface area contributed by atoms with E-state index in [1.807, 2.05) is 13.8 Å². The number of aromatic nitrogens is 1. The fourth-order valence-corrected chi connectivity index (χ4v) is 1.15. The van der Waals surface area contributed by atoms with Gasteiger partial charge >= 0.3 is 0 Å². The van der Waals surface area contributed by atoms with E-state index < -0.39 is 5.82 Å². The third-order valence-corrected chi connectivity index (χ3v) is 1.83. The zero-order valence-electron chi connectivity index (χ0n) is 7.84. The van der Waals surface area contributed by atoms with E-state index in [9.17, 15) is 9.18 Å². The van der Waals surface area contributed by atoms with E-state index in [4.69, 9.17) is 11.6 Å². The zero-order chi connectivity index (χ0) is 10.7. The molecule has 1 heterocycles. The molecule has 0 saturated carbocycles. The van der Waals surface area contributed by atoms with Crippen LogP contribution in [-0.2, 0) is 0 Å². The summed E-state index contributed by atoms with van der Waals surface area (Å²) in [7, 11) is 0. The zero-order valence-corrected chi connectivity index (χ0v) is 8.60. The summed E-state index contributed by atoms with van der Waals surface area (Å²) < 4.78 is 13.4. The second kappa shape index (κ2) is 4.37. The predicted octanol–water partition coefficient (Wildman–Crippen LogP) is 2.51. The number of rotatable bonds is 3. The minimum absolute atomic E-state index is 0.0154. The number of carbonyl (C=O) groups is 1. The van der Waals surface area contributed by atoms with Gasteiger partial charge in [0.2, 0.25) is 0 Å². The number of hydrogen-bond donors (Lipinski definition) is 1. The molecular weight excluding hydrogens is 207 g/mol. The van der Waals surface area contributed by atoms with Crippen LogP contribution in [0, 0.1) is 5.82 Å². The van der Waals surface area contributed by atoms with Crippen molar-refractivity contribution in [1.82, 2.24) is 4.98 Å². The summed E-state index contributed by atoms with van der Waals surface area (Å²) in [4.78, 5) is 14.1. The highest BCUT2D eigenvalue weighted by atomic mass is 35.5. The molecule has 1 aromatic rings. The van der Waals surface area contributed by atoms with Gasteiger partial charge in [0.1, 0.15) is 0 Å². The van der Waals surface area contributed by atoms with Crippen molar-refractivity contribution < 1.29 is 9.18 Å². The van der Waals surface area contributed by atoms with E-state index in [1.165, 1.54) is 6.20 Å². The first kappa shape index (κ1) is 10.9. The summed E-state index contributed by atoms with van der Waals surface area (Å²) in [6.07, 6.45) is 1.78. The Balaban J connectivity index is 3.20. The van der Waals surface area contributed by atoms with E-state index in [2.05, 4.69) is 10.3 Å². The molecule has 0 atom stereocenters. The Morgan fingerprint density at radius 1 is 1.64 bits per heavy atom. The molecule has 5 heteroatoms. The van der Waals surface area contributed by atoms with Crippen LogP contribution in [0.25, 0.3) is 0 Å². The van der Waals surface area contributed by atoms with Crippen LogP contribution in [0.1, 0.15) is 24.2 Å². The number of anilines is 1. The van der Waals surface area contributed by atoms with Gasteiger partial charge in [-0.05, 0) is 13.8 Å². The van der Waals surface area contributed by atoms with Crippen LogP contribution in [0.2, 0.25) is 5.15 Å².